The molecule has 1 aliphatic heterocycles. The largest absolute Gasteiger partial charge is 0.347 e. The number of piperidine rings is 1. The third-order valence-corrected chi connectivity index (χ3v) is 2.81. The minimum atomic E-state index is 0. The lowest BCUT2D eigenvalue weighted by Crippen LogP contribution is -2.45. The third-order valence-electron chi connectivity index (χ3n) is 2.81. The van der Waals surface area contributed by atoms with Crippen molar-refractivity contribution < 1.29 is 4.79 Å². The van der Waals surface area contributed by atoms with E-state index in [0.717, 1.165) is 31.6 Å². The van der Waals surface area contributed by atoms with Crippen LogP contribution in [0.25, 0.3) is 0 Å². The molecule has 0 spiro atoms. The van der Waals surface area contributed by atoms with Crippen LogP contribution in [-0.4, -0.2) is 29.6 Å². The number of carbonyl (C=O) groups excluding carboxylic acids is 1. The summed E-state index contributed by atoms with van der Waals surface area (Å²) in [7, 11) is 1.88. The van der Waals surface area contributed by atoms with Gasteiger partial charge in [-0.15, -0.1) is 12.4 Å². The summed E-state index contributed by atoms with van der Waals surface area (Å²) in [6, 6.07) is 4.00. The van der Waals surface area contributed by atoms with E-state index in [9.17, 15) is 4.79 Å². The molecule has 2 rings (SSSR count). The van der Waals surface area contributed by atoms with Gasteiger partial charge in [0.2, 0.25) is 0 Å². The van der Waals surface area contributed by atoms with Crippen molar-refractivity contribution in [1.29, 1.82) is 0 Å². The van der Waals surface area contributed by atoms with E-state index in [1.807, 2.05) is 29.9 Å². The second-order valence-electron chi connectivity index (χ2n) is 4.02. The molecule has 0 aliphatic carbocycles. The van der Waals surface area contributed by atoms with Gasteiger partial charge in [0, 0.05) is 25.8 Å². The highest BCUT2D eigenvalue weighted by atomic mass is 35.5. The van der Waals surface area contributed by atoms with E-state index >= 15 is 0 Å². The molecule has 1 saturated heterocycles. The van der Waals surface area contributed by atoms with Crippen LogP contribution in [0.5, 0.6) is 0 Å². The Morgan fingerprint density at radius 2 is 2.44 bits per heavy atom. The number of aryl methyl sites for hydroxylation is 1. The molecular weight excluding hydrogens is 226 g/mol. The Balaban J connectivity index is 0.00000128. The zero-order valence-corrected chi connectivity index (χ0v) is 10.2. The van der Waals surface area contributed by atoms with Gasteiger partial charge < -0.3 is 15.2 Å². The Hall–Kier alpha value is -1.00. The van der Waals surface area contributed by atoms with Gasteiger partial charge in [-0.2, -0.15) is 0 Å². The van der Waals surface area contributed by atoms with Crippen molar-refractivity contribution in [2.45, 2.75) is 18.9 Å². The van der Waals surface area contributed by atoms with E-state index in [4.69, 9.17) is 0 Å². The lowest BCUT2D eigenvalue weighted by atomic mass is 10.1. The minimum Gasteiger partial charge on any atom is -0.347 e. The Labute approximate surface area is 102 Å². The Kier molecular flexibility index (Phi) is 4.83. The van der Waals surface area contributed by atoms with Crippen molar-refractivity contribution in [1.82, 2.24) is 15.2 Å². The number of nitrogens with one attached hydrogen (secondary N) is 2. The fraction of sp³-hybridized carbons (Fsp3) is 0.545. The molecule has 1 aromatic rings. The van der Waals surface area contributed by atoms with Crippen molar-refractivity contribution in [2.75, 3.05) is 13.1 Å². The van der Waals surface area contributed by atoms with Gasteiger partial charge in [0.05, 0.1) is 0 Å². The fourth-order valence-corrected chi connectivity index (χ4v) is 1.93. The highest BCUT2D eigenvalue weighted by Crippen LogP contribution is 2.04. The molecule has 2 N–H and O–H groups in total. The molecular formula is C11H18ClN3O. The summed E-state index contributed by atoms with van der Waals surface area (Å²) >= 11 is 0. The van der Waals surface area contributed by atoms with Gasteiger partial charge in [-0.05, 0) is 31.5 Å². The summed E-state index contributed by atoms with van der Waals surface area (Å²) in [5.41, 5.74) is 0.723. The molecule has 0 aromatic carbocycles. The average Bonchev–Trinajstić information content (AvgIpc) is 2.66. The molecule has 2 heterocycles. The second-order valence-corrected chi connectivity index (χ2v) is 4.02. The molecule has 16 heavy (non-hydrogen) atoms. The van der Waals surface area contributed by atoms with Gasteiger partial charge in [0.15, 0.2) is 0 Å². The first-order valence-electron chi connectivity index (χ1n) is 5.40. The van der Waals surface area contributed by atoms with E-state index in [1.54, 1.807) is 0 Å². The molecule has 1 fully saturated rings. The van der Waals surface area contributed by atoms with Crippen LogP contribution in [-0.2, 0) is 7.05 Å². The van der Waals surface area contributed by atoms with Crippen LogP contribution < -0.4 is 10.6 Å². The molecule has 90 valence electrons. The van der Waals surface area contributed by atoms with Gasteiger partial charge in [0.1, 0.15) is 5.69 Å². The van der Waals surface area contributed by atoms with Crippen LogP contribution in [0.4, 0.5) is 0 Å². The summed E-state index contributed by atoms with van der Waals surface area (Å²) in [4.78, 5) is 11.8. The first kappa shape index (κ1) is 13.1. The molecule has 5 heteroatoms. The zero-order chi connectivity index (χ0) is 10.7. The van der Waals surface area contributed by atoms with Gasteiger partial charge in [-0.3, -0.25) is 4.79 Å². The predicted molar refractivity (Wildman–Crippen MR) is 66.0 cm³/mol. The predicted octanol–water partition coefficient (Wildman–Crippen LogP) is 0.929. The third kappa shape index (κ3) is 3.00. The van der Waals surface area contributed by atoms with E-state index in [-0.39, 0.29) is 24.4 Å². The summed E-state index contributed by atoms with van der Waals surface area (Å²) < 4.78 is 1.84. The van der Waals surface area contributed by atoms with Crippen LogP contribution in [0, 0.1) is 0 Å². The number of hydrogen-bond donors (Lipinski definition) is 2. The van der Waals surface area contributed by atoms with Gasteiger partial charge in [-0.1, -0.05) is 0 Å². The normalized spacial score (nSPS) is 19.9. The first-order valence-corrected chi connectivity index (χ1v) is 5.40. The smallest absolute Gasteiger partial charge is 0.268 e. The molecule has 1 aromatic heterocycles. The van der Waals surface area contributed by atoms with Crippen molar-refractivity contribution in [3.8, 4) is 0 Å². The molecule has 1 atom stereocenters. The van der Waals surface area contributed by atoms with E-state index in [2.05, 4.69) is 10.6 Å². The fourth-order valence-electron chi connectivity index (χ4n) is 1.93. The van der Waals surface area contributed by atoms with Crippen LogP contribution >= 0.6 is 12.4 Å². The Morgan fingerprint density at radius 1 is 1.62 bits per heavy atom. The molecule has 1 aliphatic rings. The SMILES string of the molecule is Cl.Cn1cccc1C(=O)N[C@@H]1CCCNC1. The highest BCUT2D eigenvalue weighted by molar-refractivity contribution is 5.92. The highest BCUT2D eigenvalue weighted by Gasteiger charge is 2.17. The number of nitrogens with zero attached hydrogens (tertiary/aromatic N) is 1. The standard InChI is InChI=1S/C11H17N3O.ClH/c1-14-7-3-5-10(14)11(15)13-9-4-2-6-12-8-9;/h3,5,7,9,12H,2,4,6,8H2,1H3,(H,13,15);1H/t9-;/m1./s1. The molecule has 0 unspecified atom stereocenters. The van der Waals surface area contributed by atoms with Crippen LogP contribution in [0.1, 0.15) is 23.3 Å². The van der Waals surface area contributed by atoms with Gasteiger partial charge >= 0.3 is 0 Å². The van der Waals surface area contributed by atoms with Gasteiger partial charge in [-0.25, -0.2) is 0 Å². The zero-order valence-electron chi connectivity index (χ0n) is 9.40. The maximum atomic E-state index is 11.8. The van der Waals surface area contributed by atoms with Crippen molar-refractivity contribution >= 4 is 18.3 Å². The molecule has 0 saturated carbocycles. The number of halogens is 1. The molecule has 1 amide bonds. The number of amides is 1. The van der Waals surface area contributed by atoms with Crippen LogP contribution in [0.3, 0.4) is 0 Å². The topological polar surface area (TPSA) is 46.1 Å². The first-order chi connectivity index (χ1) is 7.27. The van der Waals surface area contributed by atoms with Crippen molar-refractivity contribution in [3.05, 3.63) is 24.0 Å². The monoisotopic (exact) mass is 243 g/mol. The number of aromatic nitrogens is 1. The lowest BCUT2D eigenvalue weighted by molar-refractivity contribution is 0.0922. The minimum absolute atomic E-state index is 0. The Morgan fingerprint density at radius 3 is 3.00 bits per heavy atom. The van der Waals surface area contributed by atoms with Crippen LogP contribution in [0.2, 0.25) is 0 Å². The maximum Gasteiger partial charge on any atom is 0.268 e. The summed E-state index contributed by atoms with van der Waals surface area (Å²) in [5, 5.41) is 6.32. The number of rotatable bonds is 2. The van der Waals surface area contributed by atoms with E-state index in [1.165, 1.54) is 0 Å². The number of hydrogen-bond acceptors (Lipinski definition) is 2. The van der Waals surface area contributed by atoms with Crippen LogP contribution in [0.15, 0.2) is 18.3 Å². The summed E-state index contributed by atoms with van der Waals surface area (Å²) in [6.07, 6.45) is 4.09. The van der Waals surface area contributed by atoms with Gasteiger partial charge in [0.25, 0.3) is 5.91 Å². The van der Waals surface area contributed by atoms with E-state index < -0.39 is 0 Å². The summed E-state index contributed by atoms with van der Waals surface area (Å²) in [5.74, 6) is 0.0243. The van der Waals surface area contributed by atoms with Crippen molar-refractivity contribution in [3.63, 3.8) is 0 Å². The Bertz CT molecular complexity index is 345. The quantitative estimate of drug-likeness (QED) is 0.812. The summed E-state index contributed by atoms with van der Waals surface area (Å²) in [6.45, 7) is 1.95. The second kappa shape index (κ2) is 5.92. The molecule has 0 radical (unpaired) electrons. The molecule has 0 bridgehead atoms. The molecule has 4 nitrogen and oxygen atoms in total. The van der Waals surface area contributed by atoms with Crippen molar-refractivity contribution in [2.24, 2.45) is 7.05 Å². The number of carbonyl (C=O) groups is 1. The maximum absolute atomic E-state index is 11.8. The lowest BCUT2D eigenvalue weighted by Gasteiger charge is -2.23. The average molecular weight is 244 g/mol. The van der Waals surface area contributed by atoms with E-state index in [0.29, 0.717) is 0 Å².